The summed E-state index contributed by atoms with van der Waals surface area (Å²) in [6.07, 6.45) is 5.00. The first kappa shape index (κ1) is 13.6. The lowest BCUT2D eigenvalue weighted by Crippen LogP contribution is -2.28. The molecule has 0 spiro atoms. The van der Waals surface area contributed by atoms with Crippen molar-refractivity contribution in [3.63, 3.8) is 0 Å². The summed E-state index contributed by atoms with van der Waals surface area (Å²) in [6, 6.07) is 6.29. The summed E-state index contributed by atoms with van der Waals surface area (Å²) in [5.41, 5.74) is 1.53. The Hall–Kier alpha value is -2.01. The second-order valence-electron chi connectivity index (χ2n) is 6.07. The number of pyridine rings is 1. The number of ether oxygens (including phenoxy) is 2. The van der Waals surface area contributed by atoms with Crippen LogP contribution < -0.4 is 20.3 Å². The summed E-state index contributed by atoms with van der Waals surface area (Å²) < 4.78 is 11.2. The molecule has 0 radical (unpaired) electrons. The Kier molecular flexibility index (Phi) is 3.50. The number of nitrogens with one attached hydrogen (secondary N) is 2. The van der Waals surface area contributed by atoms with Crippen LogP contribution in [0, 0.1) is 0 Å². The number of rotatable bonds is 3. The van der Waals surface area contributed by atoms with Crippen LogP contribution in [-0.2, 0) is 6.54 Å². The number of hydrogen-bond donors (Lipinski definition) is 2. The Morgan fingerprint density at radius 3 is 2.59 bits per heavy atom. The smallest absolute Gasteiger partial charge is 0.252 e. The van der Waals surface area contributed by atoms with E-state index < -0.39 is 0 Å². The van der Waals surface area contributed by atoms with Crippen LogP contribution in [0.3, 0.4) is 0 Å². The van der Waals surface area contributed by atoms with Gasteiger partial charge in [0.25, 0.3) is 5.56 Å². The molecule has 22 heavy (non-hydrogen) atoms. The molecule has 1 aliphatic heterocycles. The number of aromatic amines is 1. The molecule has 1 aliphatic carbocycles. The zero-order valence-corrected chi connectivity index (χ0v) is 12.5. The van der Waals surface area contributed by atoms with Gasteiger partial charge in [-0.15, -0.1) is 0 Å². The molecule has 2 N–H and O–H groups in total. The lowest BCUT2D eigenvalue weighted by atomic mass is 10.1. The molecular weight excluding hydrogens is 280 g/mol. The van der Waals surface area contributed by atoms with Gasteiger partial charge in [0.2, 0.25) is 0 Å². The third-order valence-electron chi connectivity index (χ3n) is 4.52. The first-order chi connectivity index (χ1) is 10.8. The molecule has 0 atom stereocenters. The van der Waals surface area contributed by atoms with Crippen molar-refractivity contribution in [1.82, 2.24) is 10.3 Å². The topological polar surface area (TPSA) is 63.4 Å². The van der Waals surface area contributed by atoms with Crippen molar-refractivity contribution in [2.24, 2.45) is 0 Å². The highest BCUT2D eigenvalue weighted by Crippen LogP contribution is 2.33. The Balaban J connectivity index is 1.64. The van der Waals surface area contributed by atoms with E-state index in [1.54, 1.807) is 0 Å². The highest BCUT2D eigenvalue weighted by molar-refractivity contribution is 5.83. The van der Waals surface area contributed by atoms with Gasteiger partial charge in [-0.05, 0) is 25.0 Å². The van der Waals surface area contributed by atoms with Crippen molar-refractivity contribution in [3.05, 3.63) is 34.1 Å². The number of benzene rings is 1. The van der Waals surface area contributed by atoms with E-state index in [1.165, 1.54) is 25.7 Å². The Morgan fingerprint density at radius 2 is 1.82 bits per heavy atom. The van der Waals surface area contributed by atoms with E-state index >= 15 is 0 Å². The predicted molar refractivity (Wildman–Crippen MR) is 84.7 cm³/mol. The van der Waals surface area contributed by atoms with Crippen LogP contribution in [-0.4, -0.2) is 24.2 Å². The van der Waals surface area contributed by atoms with Crippen molar-refractivity contribution < 1.29 is 9.47 Å². The highest BCUT2D eigenvalue weighted by atomic mass is 16.6. The summed E-state index contributed by atoms with van der Waals surface area (Å²) >= 11 is 0. The molecule has 0 amide bonds. The molecule has 2 aliphatic rings. The monoisotopic (exact) mass is 300 g/mol. The zero-order chi connectivity index (χ0) is 14.9. The van der Waals surface area contributed by atoms with E-state index in [0.29, 0.717) is 31.5 Å². The van der Waals surface area contributed by atoms with Gasteiger partial charge in [-0.1, -0.05) is 12.8 Å². The van der Waals surface area contributed by atoms with Crippen molar-refractivity contribution >= 4 is 10.9 Å². The molecule has 1 aromatic heterocycles. The average molecular weight is 300 g/mol. The van der Waals surface area contributed by atoms with Gasteiger partial charge >= 0.3 is 0 Å². The molecule has 2 heterocycles. The van der Waals surface area contributed by atoms with Crippen LogP contribution >= 0.6 is 0 Å². The van der Waals surface area contributed by atoms with Crippen molar-refractivity contribution in [2.75, 3.05) is 13.2 Å². The normalized spacial score (nSPS) is 18.0. The van der Waals surface area contributed by atoms with Gasteiger partial charge in [0.05, 0.1) is 5.52 Å². The summed E-state index contributed by atoms with van der Waals surface area (Å²) in [5, 5.41) is 4.47. The molecule has 4 rings (SSSR count). The van der Waals surface area contributed by atoms with E-state index in [-0.39, 0.29) is 5.56 Å². The minimum atomic E-state index is -0.0327. The molecule has 1 saturated carbocycles. The van der Waals surface area contributed by atoms with Crippen LogP contribution in [0.15, 0.2) is 23.0 Å². The molecule has 0 unspecified atom stereocenters. The summed E-state index contributed by atoms with van der Waals surface area (Å²) in [4.78, 5) is 15.2. The maximum absolute atomic E-state index is 12.2. The van der Waals surface area contributed by atoms with Crippen LogP contribution in [0.2, 0.25) is 0 Å². The Bertz CT molecular complexity index is 747. The van der Waals surface area contributed by atoms with Crippen molar-refractivity contribution in [1.29, 1.82) is 0 Å². The number of fused-ring (bicyclic) bond motifs is 2. The van der Waals surface area contributed by atoms with Gasteiger partial charge in [-0.25, -0.2) is 0 Å². The minimum absolute atomic E-state index is 0.0327. The Labute approximate surface area is 128 Å². The molecular formula is C17H20N2O3. The average Bonchev–Trinajstić information content (AvgIpc) is 3.04. The standard InChI is InChI=1S/C17H20N2O3/c20-17-12(10-18-13-3-1-2-4-13)7-11-8-15-16(9-14(11)19-17)22-6-5-21-15/h7-9,13,18H,1-6,10H2,(H,19,20). The number of aromatic nitrogens is 1. The fourth-order valence-corrected chi connectivity index (χ4v) is 3.30. The van der Waals surface area contributed by atoms with Gasteiger partial charge in [0, 0.05) is 29.6 Å². The molecule has 0 saturated heterocycles. The zero-order valence-electron chi connectivity index (χ0n) is 12.5. The second-order valence-corrected chi connectivity index (χ2v) is 6.07. The quantitative estimate of drug-likeness (QED) is 0.913. The maximum Gasteiger partial charge on any atom is 0.252 e. The van der Waals surface area contributed by atoms with Gasteiger partial charge < -0.3 is 19.8 Å². The predicted octanol–water partition coefficient (Wildman–Crippen LogP) is 2.33. The lowest BCUT2D eigenvalue weighted by Gasteiger charge is -2.19. The molecule has 5 nitrogen and oxygen atoms in total. The number of hydrogen-bond acceptors (Lipinski definition) is 4. The van der Waals surface area contributed by atoms with Gasteiger partial charge in [-0.2, -0.15) is 0 Å². The SMILES string of the molecule is O=c1[nH]c2cc3c(cc2cc1CNC1CCCC1)OCCO3. The number of H-pyrrole nitrogens is 1. The van der Waals surface area contributed by atoms with E-state index in [2.05, 4.69) is 10.3 Å². The van der Waals surface area contributed by atoms with Crippen LogP contribution in [0.25, 0.3) is 10.9 Å². The molecule has 1 aromatic carbocycles. The van der Waals surface area contributed by atoms with Crippen molar-refractivity contribution in [2.45, 2.75) is 38.3 Å². The second kappa shape index (κ2) is 5.65. The molecule has 116 valence electrons. The molecule has 1 fully saturated rings. The lowest BCUT2D eigenvalue weighted by molar-refractivity contribution is 0.172. The summed E-state index contributed by atoms with van der Waals surface area (Å²) in [7, 11) is 0. The fraction of sp³-hybridized carbons (Fsp3) is 0.471. The van der Waals surface area contributed by atoms with Gasteiger partial charge in [0.15, 0.2) is 11.5 Å². The first-order valence-electron chi connectivity index (χ1n) is 7.98. The highest BCUT2D eigenvalue weighted by Gasteiger charge is 2.16. The van der Waals surface area contributed by atoms with Gasteiger partial charge in [0.1, 0.15) is 13.2 Å². The third-order valence-corrected chi connectivity index (χ3v) is 4.52. The van der Waals surface area contributed by atoms with Crippen molar-refractivity contribution in [3.8, 4) is 11.5 Å². The molecule has 5 heteroatoms. The van der Waals surface area contributed by atoms with E-state index in [0.717, 1.165) is 22.2 Å². The summed E-state index contributed by atoms with van der Waals surface area (Å²) in [6.45, 7) is 1.73. The largest absolute Gasteiger partial charge is 0.486 e. The Morgan fingerprint density at radius 1 is 1.09 bits per heavy atom. The fourth-order valence-electron chi connectivity index (χ4n) is 3.30. The van der Waals surface area contributed by atoms with Gasteiger partial charge in [-0.3, -0.25) is 4.79 Å². The first-order valence-corrected chi connectivity index (χ1v) is 7.98. The van der Waals surface area contributed by atoms with E-state index in [9.17, 15) is 4.79 Å². The van der Waals surface area contributed by atoms with E-state index in [4.69, 9.17) is 9.47 Å². The molecule has 2 aromatic rings. The summed E-state index contributed by atoms with van der Waals surface area (Å²) in [5.74, 6) is 1.45. The molecule has 0 bridgehead atoms. The third kappa shape index (κ3) is 2.57. The van der Waals surface area contributed by atoms with Crippen LogP contribution in [0.1, 0.15) is 31.2 Å². The maximum atomic E-state index is 12.2. The minimum Gasteiger partial charge on any atom is -0.486 e. The van der Waals surface area contributed by atoms with Crippen LogP contribution in [0.5, 0.6) is 11.5 Å². The van der Waals surface area contributed by atoms with Crippen LogP contribution in [0.4, 0.5) is 0 Å². The van der Waals surface area contributed by atoms with E-state index in [1.807, 2.05) is 18.2 Å².